The molecule has 0 unspecified atom stereocenters. The van der Waals surface area contributed by atoms with E-state index in [1.807, 2.05) is 30.3 Å². The van der Waals surface area contributed by atoms with E-state index in [0.717, 1.165) is 29.3 Å². The number of carbonyl (C=O) groups excluding carboxylic acids is 1. The molecule has 3 rings (SSSR count). The lowest BCUT2D eigenvalue weighted by molar-refractivity contribution is -0.137. The maximum absolute atomic E-state index is 12.8. The van der Waals surface area contributed by atoms with Gasteiger partial charge in [0, 0.05) is 6.08 Å². The zero-order chi connectivity index (χ0) is 21.6. The lowest BCUT2D eigenvalue weighted by atomic mass is 10.2. The fourth-order valence-electron chi connectivity index (χ4n) is 2.56. The van der Waals surface area contributed by atoms with Gasteiger partial charge in [-0.05, 0) is 47.5 Å². The molecule has 0 heterocycles. The summed E-state index contributed by atoms with van der Waals surface area (Å²) in [6.07, 6.45) is -1.77. The van der Waals surface area contributed by atoms with E-state index in [0.29, 0.717) is 12.4 Å². The van der Waals surface area contributed by atoms with Crippen LogP contribution in [0.1, 0.15) is 16.7 Å². The van der Waals surface area contributed by atoms with Gasteiger partial charge < -0.3 is 10.1 Å². The Balaban J connectivity index is 1.58. The molecule has 30 heavy (non-hydrogen) atoms. The van der Waals surface area contributed by atoms with Crippen LogP contribution in [0.25, 0.3) is 6.08 Å². The van der Waals surface area contributed by atoms with E-state index in [4.69, 9.17) is 16.3 Å². The minimum absolute atomic E-state index is 0.0182. The average molecular weight is 432 g/mol. The normalized spacial score (nSPS) is 11.5. The van der Waals surface area contributed by atoms with Crippen LogP contribution in [0.2, 0.25) is 5.02 Å². The number of carbonyl (C=O) groups is 1. The van der Waals surface area contributed by atoms with E-state index in [-0.39, 0.29) is 10.7 Å². The monoisotopic (exact) mass is 431 g/mol. The molecule has 1 amide bonds. The number of rotatable bonds is 6. The number of hydrogen-bond donors (Lipinski definition) is 1. The minimum Gasteiger partial charge on any atom is -0.489 e. The summed E-state index contributed by atoms with van der Waals surface area (Å²) >= 11 is 5.88. The molecule has 0 aliphatic heterocycles. The molecule has 0 aliphatic rings. The Morgan fingerprint density at radius 1 is 1.00 bits per heavy atom. The number of benzene rings is 3. The molecule has 0 saturated carbocycles. The molecule has 0 bridgehead atoms. The van der Waals surface area contributed by atoms with Gasteiger partial charge in [-0.2, -0.15) is 13.2 Å². The topological polar surface area (TPSA) is 38.3 Å². The van der Waals surface area contributed by atoms with Crippen LogP contribution in [0, 0.1) is 0 Å². The Labute approximate surface area is 176 Å². The highest BCUT2D eigenvalue weighted by Crippen LogP contribution is 2.33. The molecule has 7 heteroatoms. The van der Waals surface area contributed by atoms with Gasteiger partial charge in [0.1, 0.15) is 12.4 Å². The van der Waals surface area contributed by atoms with Crippen LogP contribution in [0.15, 0.2) is 78.9 Å². The summed E-state index contributed by atoms with van der Waals surface area (Å²) in [6.45, 7) is 0.441. The van der Waals surface area contributed by atoms with Crippen LogP contribution < -0.4 is 10.1 Å². The van der Waals surface area contributed by atoms with Gasteiger partial charge in [-0.25, -0.2) is 0 Å². The Kier molecular flexibility index (Phi) is 6.79. The fourth-order valence-corrected chi connectivity index (χ4v) is 2.72. The van der Waals surface area contributed by atoms with E-state index < -0.39 is 17.6 Å². The van der Waals surface area contributed by atoms with Crippen molar-refractivity contribution >= 4 is 29.3 Å². The number of halogens is 4. The number of nitrogens with one attached hydrogen (secondary N) is 1. The largest absolute Gasteiger partial charge is 0.489 e. The maximum atomic E-state index is 12.8. The van der Waals surface area contributed by atoms with Gasteiger partial charge in [0.25, 0.3) is 0 Å². The predicted molar refractivity (Wildman–Crippen MR) is 111 cm³/mol. The molecule has 0 atom stereocenters. The molecule has 3 aromatic rings. The van der Waals surface area contributed by atoms with Crippen molar-refractivity contribution in [1.82, 2.24) is 0 Å². The first-order valence-electron chi connectivity index (χ1n) is 8.94. The Hall–Kier alpha value is -3.25. The zero-order valence-corrected chi connectivity index (χ0v) is 16.4. The zero-order valence-electron chi connectivity index (χ0n) is 15.6. The van der Waals surface area contributed by atoms with Crippen molar-refractivity contribution in [2.75, 3.05) is 5.32 Å². The van der Waals surface area contributed by atoms with Crippen LogP contribution in [-0.4, -0.2) is 5.91 Å². The van der Waals surface area contributed by atoms with Crippen molar-refractivity contribution in [3.05, 3.63) is 101 Å². The van der Waals surface area contributed by atoms with Crippen molar-refractivity contribution in [3.8, 4) is 5.75 Å². The molecular formula is C23H17ClF3NO2. The molecule has 0 aromatic heterocycles. The quantitative estimate of drug-likeness (QED) is 0.447. The molecule has 154 valence electrons. The second-order valence-corrected chi connectivity index (χ2v) is 6.77. The van der Waals surface area contributed by atoms with E-state index in [1.54, 1.807) is 24.3 Å². The van der Waals surface area contributed by atoms with Gasteiger partial charge in [-0.3, -0.25) is 4.79 Å². The molecule has 3 nitrogen and oxygen atoms in total. The van der Waals surface area contributed by atoms with Crippen LogP contribution in [0.3, 0.4) is 0 Å². The van der Waals surface area contributed by atoms with Gasteiger partial charge in [0.05, 0.1) is 16.3 Å². The van der Waals surface area contributed by atoms with Gasteiger partial charge >= 0.3 is 6.18 Å². The summed E-state index contributed by atoms with van der Waals surface area (Å²) in [7, 11) is 0. The molecule has 0 spiro atoms. The molecule has 0 saturated heterocycles. The third-order valence-corrected chi connectivity index (χ3v) is 4.44. The number of anilines is 1. The van der Waals surface area contributed by atoms with Crippen LogP contribution >= 0.6 is 11.6 Å². The van der Waals surface area contributed by atoms with Crippen LogP contribution in [-0.2, 0) is 17.6 Å². The average Bonchev–Trinajstić information content (AvgIpc) is 2.73. The molecular weight excluding hydrogens is 415 g/mol. The second kappa shape index (κ2) is 9.50. The van der Waals surface area contributed by atoms with E-state index in [1.165, 1.54) is 12.2 Å². The summed E-state index contributed by atoms with van der Waals surface area (Å²) in [5.41, 5.74) is 0.779. The summed E-state index contributed by atoms with van der Waals surface area (Å²) in [4.78, 5) is 12.1. The molecule has 1 N–H and O–H groups in total. The first-order chi connectivity index (χ1) is 14.3. The number of alkyl halides is 3. The maximum Gasteiger partial charge on any atom is 0.416 e. The van der Waals surface area contributed by atoms with E-state index in [2.05, 4.69) is 5.32 Å². The van der Waals surface area contributed by atoms with Gasteiger partial charge in [-0.15, -0.1) is 0 Å². The van der Waals surface area contributed by atoms with Gasteiger partial charge in [0.15, 0.2) is 0 Å². The molecule has 0 aliphatic carbocycles. The Morgan fingerprint density at radius 2 is 1.70 bits per heavy atom. The van der Waals surface area contributed by atoms with Crippen LogP contribution in [0.5, 0.6) is 5.75 Å². The minimum atomic E-state index is -4.52. The molecule has 3 aromatic carbocycles. The SMILES string of the molecule is O=C(C=Cc1ccc(OCc2ccccc2)cc1)Nc1cc(C(F)(F)F)ccc1Cl. The van der Waals surface area contributed by atoms with Crippen LogP contribution in [0.4, 0.5) is 18.9 Å². The third kappa shape index (κ3) is 6.12. The molecule has 0 radical (unpaired) electrons. The summed E-state index contributed by atoms with van der Waals surface area (Å²) in [5, 5.41) is 2.38. The smallest absolute Gasteiger partial charge is 0.416 e. The predicted octanol–water partition coefficient (Wildman–Crippen LogP) is 6.59. The fraction of sp³-hybridized carbons (Fsp3) is 0.0870. The number of ether oxygens (including phenoxy) is 1. The highest BCUT2D eigenvalue weighted by atomic mass is 35.5. The summed E-state index contributed by atoms with van der Waals surface area (Å²) in [5.74, 6) is 0.0804. The lowest BCUT2D eigenvalue weighted by Gasteiger charge is -2.10. The second-order valence-electron chi connectivity index (χ2n) is 6.36. The molecule has 0 fully saturated rings. The standard InChI is InChI=1S/C23H17ClF3NO2/c24-20-12-9-18(23(25,26)27)14-21(20)28-22(29)13-8-16-6-10-19(11-7-16)30-15-17-4-2-1-3-5-17/h1-14H,15H2,(H,28,29). The van der Waals surface area contributed by atoms with E-state index in [9.17, 15) is 18.0 Å². The lowest BCUT2D eigenvalue weighted by Crippen LogP contribution is -2.11. The van der Waals surface area contributed by atoms with Crippen molar-refractivity contribution in [3.63, 3.8) is 0 Å². The van der Waals surface area contributed by atoms with Gasteiger partial charge in [0.2, 0.25) is 5.91 Å². The first kappa shape index (κ1) is 21.5. The summed E-state index contributed by atoms with van der Waals surface area (Å²) < 4.78 is 44.1. The van der Waals surface area contributed by atoms with Gasteiger partial charge in [-0.1, -0.05) is 54.1 Å². The Bertz CT molecular complexity index is 1030. The van der Waals surface area contributed by atoms with Crippen molar-refractivity contribution in [2.45, 2.75) is 12.8 Å². The number of hydrogen-bond acceptors (Lipinski definition) is 2. The van der Waals surface area contributed by atoms with E-state index >= 15 is 0 Å². The van der Waals surface area contributed by atoms with Crippen molar-refractivity contribution in [2.24, 2.45) is 0 Å². The highest BCUT2D eigenvalue weighted by molar-refractivity contribution is 6.33. The Morgan fingerprint density at radius 3 is 2.37 bits per heavy atom. The summed E-state index contributed by atoms with van der Waals surface area (Å²) in [6, 6.07) is 19.5. The number of amides is 1. The van der Waals surface area contributed by atoms with Crippen molar-refractivity contribution in [1.29, 1.82) is 0 Å². The third-order valence-electron chi connectivity index (χ3n) is 4.11. The highest BCUT2D eigenvalue weighted by Gasteiger charge is 2.31. The van der Waals surface area contributed by atoms with Crippen molar-refractivity contribution < 1.29 is 22.7 Å². The first-order valence-corrected chi connectivity index (χ1v) is 9.32.